The Balaban J connectivity index is 3.63. The number of likely N-dealkylation sites (N-methyl/N-ethyl adjacent to an activating group) is 1. The van der Waals surface area contributed by atoms with Crippen molar-refractivity contribution in [3.05, 3.63) is 12.4 Å². The summed E-state index contributed by atoms with van der Waals surface area (Å²) in [6.07, 6.45) is 4.68. The normalized spacial score (nSPS) is 13.1. The van der Waals surface area contributed by atoms with Crippen molar-refractivity contribution in [2.75, 3.05) is 20.6 Å². The Morgan fingerprint density at radius 1 is 1.53 bits per heavy atom. The molecule has 0 aromatic carbocycles. The molecule has 0 aliphatic carbocycles. The van der Waals surface area contributed by atoms with Crippen LogP contribution in [-0.2, 0) is 4.79 Å². The maximum absolute atomic E-state index is 10.8. The Labute approximate surface area is 90.1 Å². The number of nitrogens with one attached hydrogen (secondary N) is 2. The van der Waals surface area contributed by atoms with Crippen LogP contribution in [0.25, 0.3) is 0 Å². The van der Waals surface area contributed by atoms with E-state index in [2.05, 4.69) is 10.7 Å². The van der Waals surface area contributed by atoms with E-state index < -0.39 is 12.0 Å². The molecule has 6 nitrogen and oxygen atoms in total. The first-order valence-corrected chi connectivity index (χ1v) is 4.83. The van der Waals surface area contributed by atoms with Gasteiger partial charge in [0.15, 0.2) is 0 Å². The van der Waals surface area contributed by atoms with Crippen molar-refractivity contribution < 1.29 is 9.90 Å². The van der Waals surface area contributed by atoms with Gasteiger partial charge in [0, 0.05) is 18.9 Å². The molecule has 0 radical (unpaired) electrons. The summed E-state index contributed by atoms with van der Waals surface area (Å²) in [6.45, 7) is 0.732. The Bertz CT molecular complexity index is 206. The molecule has 5 N–H and O–H groups in total. The summed E-state index contributed by atoms with van der Waals surface area (Å²) in [5.74, 6) is 4.23. The van der Waals surface area contributed by atoms with Crippen molar-refractivity contribution in [2.45, 2.75) is 18.9 Å². The molecule has 0 aliphatic heterocycles. The third-order valence-corrected chi connectivity index (χ3v) is 2.00. The minimum Gasteiger partial charge on any atom is -0.480 e. The molecular formula is C9H20N4O2. The number of hydrogen-bond acceptors (Lipinski definition) is 5. The fourth-order valence-electron chi connectivity index (χ4n) is 1.19. The lowest BCUT2D eigenvalue weighted by atomic mass is 10.1. The van der Waals surface area contributed by atoms with Crippen molar-refractivity contribution in [1.82, 2.24) is 15.6 Å². The maximum Gasteiger partial charge on any atom is 0.320 e. The second-order valence-corrected chi connectivity index (χ2v) is 3.41. The van der Waals surface area contributed by atoms with Gasteiger partial charge in [-0.15, -0.1) is 0 Å². The minimum absolute atomic E-state index is 0.414. The summed E-state index contributed by atoms with van der Waals surface area (Å²) in [5, 5.41) is 11.9. The lowest BCUT2D eigenvalue weighted by molar-refractivity contribution is -0.142. The van der Waals surface area contributed by atoms with Crippen LogP contribution in [-0.4, -0.2) is 42.7 Å². The van der Waals surface area contributed by atoms with Gasteiger partial charge in [-0.05, 0) is 26.9 Å². The lowest BCUT2D eigenvalue weighted by Crippen LogP contribution is -2.36. The molecule has 0 aromatic rings. The van der Waals surface area contributed by atoms with Crippen molar-refractivity contribution in [3.8, 4) is 0 Å². The zero-order valence-corrected chi connectivity index (χ0v) is 9.23. The van der Waals surface area contributed by atoms with E-state index in [1.807, 2.05) is 0 Å². The molecule has 0 bridgehead atoms. The van der Waals surface area contributed by atoms with Crippen molar-refractivity contribution >= 4 is 5.97 Å². The molecule has 0 amide bonds. The molecule has 0 rings (SSSR count). The number of nitrogens with two attached hydrogens (primary N) is 1. The van der Waals surface area contributed by atoms with Crippen molar-refractivity contribution in [3.63, 3.8) is 0 Å². The first-order valence-electron chi connectivity index (χ1n) is 4.83. The van der Waals surface area contributed by atoms with Gasteiger partial charge in [0.25, 0.3) is 0 Å². The molecule has 0 saturated heterocycles. The van der Waals surface area contributed by atoms with Crippen molar-refractivity contribution in [1.29, 1.82) is 0 Å². The highest BCUT2D eigenvalue weighted by Crippen LogP contribution is 2.02. The molecule has 0 saturated carbocycles. The largest absolute Gasteiger partial charge is 0.480 e. The highest BCUT2D eigenvalue weighted by molar-refractivity contribution is 5.73. The topological polar surface area (TPSA) is 90.6 Å². The smallest absolute Gasteiger partial charge is 0.320 e. The molecule has 0 aliphatic rings. The van der Waals surface area contributed by atoms with Crippen LogP contribution < -0.4 is 16.6 Å². The summed E-state index contributed by atoms with van der Waals surface area (Å²) in [5.41, 5.74) is 2.36. The minimum atomic E-state index is -0.779. The van der Waals surface area contributed by atoms with Gasteiger partial charge in [0.05, 0.1) is 0 Å². The SMILES string of the molecule is CN(C)C(CCCN/C=C/NN)C(=O)O. The molecule has 0 aromatic heterocycles. The van der Waals surface area contributed by atoms with Crippen LogP contribution in [0, 0.1) is 0 Å². The van der Waals surface area contributed by atoms with Gasteiger partial charge >= 0.3 is 5.97 Å². The van der Waals surface area contributed by atoms with Gasteiger partial charge in [0.2, 0.25) is 0 Å². The van der Waals surface area contributed by atoms with Gasteiger partial charge in [0.1, 0.15) is 6.04 Å². The van der Waals surface area contributed by atoms with E-state index in [4.69, 9.17) is 10.9 Å². The van der Waals surface area contributed by atoms with E-state index in [0.29, 0.717) is 6.42 Å². The molecule has 6 heteroatoms. The summed E-state index contributed by atoms with van der Waals surface area (Å²) >= 11 is 0. The second kappa shape index (κ2) is 8.07. The van der Waals surface area contributed by atoms with E-state index >= 15 is 0 Å². The number of hydrazine groups is 1. The van der Waals surface area contributed by atoms with Crippen LogP contribution in [0.3, 0.4) is 0 Å². The van der Waals surface area contributed by atoms with Gasteiger partial charge < -0.3 is 15.8 Å². The number of carboxylic acid groups (broad SMARTS) is 1. The molecule has 0 heterocycles. The number of carboxylic acids is 1. The molecule has 15 heavy (non-hydrogen) atoms. The van der Waals surface area contributed by atoms with Crippen LogP contribution in [0.4, 0.5) is 0 Å². The van der Waals surface area contributed by atoms with E-state index in [1.165, 1.54) is 0 Å². The van der Waals surface area contributed by atoms with Gasteiger partial charge in [-0.3, -0.25) is 15.5 Å². The van der Waals surface area contributed by atoms with Crippen LogP contribution in [0.2, 0.25) is 0 Å². The van der Waals surface area contributed by atoms with Crippen LogP contribution in [0.1, 0.15) is 12.8 Å². The zero-order chi connectivity index (χ0) is 11.7. The first-order chi connectivity index (χ1) is 7.09. The predicted molar refractivity (Wildman–Crippen MR) is 58.8 cm³/mol. The average molecular weight is 216 g/mol. The number of nitrogens with zero attached hydrogens (tertiary/aromatic N) is 1. The fraction of sp³-hybridized carbons (Fsp3) is 0.667. The van der Waals surface area contributed by atoms with Gasteiger partial charge in [-0.1, -0.05) is 0 Å². The molecule has 88 valence electrons. The fourth-order valence-corrected chi connectivity index (χ4v) is 1.19. The first kappa shape index (κ1) is 13.7. The molecule has 1 atom stereocenters. The lowest BCUT2D eigenvalue weighted by Gasteiger charge is -2.19. The average Bonchev–Trinajstić information content (AvgIpc) is 2.15. The quantitative estimate of drug-likeness (QED) is 0.244. The Kier molecular flexibility index (Phi) is 7.39. The van der Waals surface area contributed by atoms with E-state index in [9.17, 15) is 4.79 Å². The Morgan fingerprint density at radius 2 is 2.20 bits per heavy atom. The summed E-state index contributed by atoms with van der Waals surface area (Å²) in [4.78, 5) is 12.5. The summed E-state index contributed by atoms with van der Waals surface area (Å²) < 4.78 is 0. The highest BCUT2D eigenvalue weighted by atomic mass is 16.4. The standard InChI is InChI=1S/C9H20N4O2/c1-13(2)8(9(14)15)4-3-5-11-6-7-12-10/h6-8,11-12H,3-5,10H2,1-2H3,(H,14,15)/b7-6+. The third-order valence-electron chi connectivity index (χ3n) is 2.00. The maximum atomic E-state index is 10.8. The van der Waals surface area contributed by atoms with Gasteiger partial charge in [-0.2, -0.15) is 0 Å². The van der Waals surface area contributed by atoms with Crippen LogP contribution in [0.5, 0.6) is 0 Å². The van der Waals surface area contributed by atoms with Gasteiger partial charge in [-0.25, -0.2) is 0 Å². The number of aliphatic carboxylic acids is 1. The monoisotopic (exact) mass is 216 g/mol. The molecule has 0 fully saturated rings. The Morgan fingerprint density at radius 3 is 2.67 bits per heavy atom. The van der Waals surface area contributed by atoms with E-state index in [-0.39, 0.29) is 0 Å². The van der Waals surface area contributed by atoms with E-state index in [0.717, 1.165) is 13.0 Å². The van der Waals surface area contributed by atoms with Crippen LogP contribution in [0.15, 0.2) is 12.4 Å². The highest BCUT2D eigenvalue weighted by Gasteiger charge is 2.18. The third kappa shape index (κ3) is 6.75. The molecule has 1 unspecified atom stereocenters. The number of rotatable bonds is 8. The van der Waals surface area contributed by atoms with E-state index in [1.54, 1.807) is 31.4 Å². The molecular weight excluding hydrogens is 196 g/mol. The number of hydrogen-bond donors (Lipinski definition) is 4. The number of carbonyl (C=O) groups is 1. The zero-order valence-electron chi connectivity index (χ0n) is 9.23. The molecule has 0 spiro atoms. The summed E-state index contributed by atoms with van der Waals surface area (Å²) in [6, 6.07) is -0.414. The summed E-state index contributed by atoms with van der Waals surface area (Å²) in [7, 11) is 3.54. The van der Waals surface area contributed by atoms with Crippen LogP contribution >= 0.6 is 0 Å². The second-order valence-electron chi connectivity index (χ2n) is 3.41. The van der Waals surface area contributed by atoms with Crippen molar-refractivity contribution in [2.24, 2.45) is 5.84 Å². The predicted octanol–water partition coefficient (Wildman–Crippen LogP) is -0.694. The Hall–Kier alpha value is -1.27.